The highest BCUT2D eigenvalue weighted by molar-refractivity contribution is 5.91. The number of nitrogens with one attached hydrogen (secondary N) is 3. The van der Waals surface area contributed by atoms with Crippen LogP contribution < -0.4 is 27.4 Å². The first-order valence-corrected chi connectivity index (χ1v) is 7.68. The molecule has 0 radical (unpaired) electrons. The zero-order valence-corrected chi connectivity index (χ0v) is 14.2. The normalized spacial score (nSPS) is 14.4. The lowest BCUT2D eigenvalue weighted by Crippen LogP contribution is -2.56. The van der Waals surface area contributed by atoms with E-state index >= 15 is 0 Å². The number of nitrogens with two attached hydrogens (primary N) is 2. The molecule has 0 fully saturated rings. The second-order valence-electron chi connectivity index (χ2n) is 5.85. The average molecular weight is 345 g/mol. The van der Waals surface area contributed by atoms with E-state index in [-0.39, 0.29) is 18.9 Å². The predicted molar refractivity (Wildman–Crippen MR) is 86.8 cm³/mol. The van der Waals surface area contributed by atoms with Gasteiger partial charge in [0.1, 0.15) is 12.1 Å². The number of primary amides is 1. The highest BCUT2D eigenvalue weighted by Gasteiger charge is 2.29. The molecule has 0 heterocycles. The van der Waals surface area contributed by atoms with E-state index in [1.807, 2.05) is 0 Å². The summed E-state index contributed by atoms with van der Waals surface area (Å²) < 4.78 is 0. The molecule has 3 atom stereocenters. The number of hydrogen-bond acceptors (Lipinski definition) is 5. The van der Waals surface area contributed by atoms with Crippen molar-refractivity contribution < 1.29 is 24.3 Å². The van der Waals surface area contributed by atoms with Crippen molar-refractivity contribution in [1.29, 1.82) is 0 Å². The fourth-order valence-corrected chi connectivity index (χ4v) is 1.86. The second kappa shape index (κ2) is 10.4. The maximum absolute atomic E-state index is 12.3. The molecule has 8 N–H and O–H groups in total. The van der Waals surface area contributed by atoms with Gasteiger partial charge in [0.15, 0.2) is 0 Å². The van der Waals surface area contributed by atoms with Crippen LogP contribution in [0.3, 0.4) is 0 Å². The van der Waals surface area contributed by atoms with Gasteiger partial charge in [-0.3, -0.25) is 9.59 Å². The van der Waals surface area contributed by atoms with E-state index in [4.69, 9.17) is 11.5 Å². The number of carboxylic acid groups (broad SMARTS) is 1. The SMILES string of the molecule is CC(C)[C@H](NC(=O)[C@H](C)N)C(=O)N[C@@H](CCCNC(N)=O)C(=O)O. The van der Waals surface area contributed by atoms with Crippen LogP contribution in [0.1, 0.15) is 33.6 Å². The number of amides is 4. The van der Waals surface area contributed by atoms with Crippen LogP contribution in [0, 0.1) is 5.92 Å². The summed E-state index contributed by atoms with van der Waals surface area (Å²) in [6, 6.07) is -3.52. The molecule has 0 spiro atoms. The molecule has 10 nitrogen and oxygen atoms in total. The van der Waals surface area contributed by atoms with Crippen LogP contribution in [0.2, 0.25) is 0 Å². The maximum Gasteiger partial charge on any atom is 0.326 e. The largest absolute Gasteiger partial charge is 0.480 e. The van der Waals surface area contributed by atoms with Gasteiger partial charge >= 0.3 is 12.0 Å². The fourth-order valence-electron chi connectivity index (χ4n) is 1.86. The third-order valence-electron chi connectivity index (χ3n) is 3.24. The van der Waals surface area contributed by atoms with Gasteiger partial charge in [0, 0.05) is 6.54 Å². The molecule has 0 aliphatic carbocycles. The fraction of sp³-hybridized carbons (Fsp3) is 0.714. The van der Waals surface area contributed by atoms with Crippen molar-refractivity contribution >= 4 is 23.8 Å². The highest BCUT2D eigenvalue weighted by atomic mass is 16.4. The number of carbonyl (C=O) groups is 4. The molecule has 10 heteroatoms. The van der Waals surface area contributed by atoms with Crippen molar-refractivity contribution in [2.24, 2.45) is 17.4 Å². The minimum Gasteiger partial charge on any atom is -0.480 e. The van der Waals surface area contributed by atoms with Gasteiger partial charge in [0.05, 0.1) is 6.04 Å². The number of aliphatic carboxylic acids is 1. The van der Waals surface area contributed by atoms with Crippen LogP contribution in [0.25, 0.3) is 0 Å². The zero-order chi connectivity index (χ0) is 18.9. The summed E-state index contributed by atoms with van der Waals surface area (Å²) in [6.45, 7) is 5.12. The first-order chi connectivity index (χ1) is 11.1. The van der Waals surface area contributed by atoms with Gasteiger partial charge in [-0.25, -0.2) is 9.59 Å². The molecule has 0 saturated heterocycles. The molecule has 0 aromatic rings. The molecule has 0 rings (SSSR count). The summed E-state index contributed by atoms with van der Waals surface area (Å²) >= 11 is 0. The quantitative estimate of drug-likeness (QED) is 0.262. The number of carboxylic acids is 1. The van der Waals surface area contributed by atoms with Crippen molar-refractivity contribution in [3.8, 4) is 0 Å². The van der Waals surface area contributed by atoms with E-state index in [0.29, 0.717) is 6.42 Å². The second-order valence-corrected chi connectivity index (χ2v) is 5.85. The molecule has 0 bridgehead atoms. The lowest BCUT2D eigenvalue weighted by molar-refractivity contribution is -0.142. The Morgan fingerprint density at radius 2 is 1.62 bits per heavy atom. The average Bonchev–Trinajstić information content (AvgIpc) is 2.46. The zero-order valence-electron chi connectivity index (χ0n) is 14.2. The Morgan fingerprint density at radius 1 is 1.04 bits per heavy atom. The van der Waals surface area contributed by atoms with Crippen LogP contribution in [-0.4, -0.2) is 53.6 Å². The summed E-state index contributed by atoms with van der Waals surface area (Å²) in [7, 11) is 0. The Labute approximate surface area is 140 Å². The van der Waals surface area contributed by atoms with E-state index in [2.05, 4.69) is 16.0 Å². The molecular formula is C14H27N5O5. The van der Waals surface area contributed by atoms with Crippen LogP contribution in [0.4, 0.5) is 4.79 Å². The number of hydrogen-bond donors (Lipinski definition) is 6. The van der Waals surface area contributed by atoms with Crippen molar-refractivity contribution in [1.82, 2.24) is 16.0 Å². The maximum atomic E-state index is 12.3. The van der Waals surface area contributed by atoms with Gasteiger partial charge in [-0.2, -0.15) is 0 Å². The monoisotopic (exact) mass is 345 g/mol. The summed E-state index contributed by atoms with van der Waals surface area (Å²) in [5, 5.41) is 16.4. The standard InChI is InChI=1S/C14H27N5O5/c1-7(2)10(19-11(20)8(3)15)12(21)18-9(13(22)23)5-4-6-17-14(16)24/h7-10H,4-6,15H2,1-3H3,(H,18,21)(H,19,20)(H,22,23)(H3,16,17,24)/t8-,9-,10-/m0/s1. The smallest absolute Gasteiger partial charge is 0.326 e. The third-order valence-corrected chi connectivity index (χ3v) is 3.24. The molecule has 0 aromatic carbocycles. The Balaban J connectivity index is 4.72. The van der Waals surface area contributed by atoms with E-state index in [1.54, 1.807) is 13.8 Å². The van der Waals surface area contributed by atoms with Crippen molar-refractivity contribution in [2.75, 3.05) is 6.54 Å². The van der Waals surface area contributed by atoms with Crippen LogP contribution in [-0.2, 0) is 14.4 Å². The van der Waals surface area contributed by atoms with Crippen molar-refractivity contribution in [3.63, 3.8) is 0 Å². The van der Waals surface area contributed by atoms with Gasteiger partial charge in [-0.05, 0) is 25.7 Å². The molecule has 0 aromatic heterocycles. The summed E-state index contributed by atoms with van der Waals surface area (Å²) in [5.41, 5.74) is 10.4. The molecular weight excluding hydrogens is 318 g/mol. The lowest BCUT2D eigenvalue weighted by atomic mass is 10.0. The van der Waals surface area contributed by atoms with E-state index in [9.17, 15) is 24.3 Å². The van der Waals surface area contributed by atoms with Crippen LogP contribution >= 0.6 is 0 Å². The first kappa shape index (κ1) is 21.6. The molecule has 0 aliphatic rings. The van der Waals surface area contributed by atoms with E-state index < -0.39 is 41.9 Å². The summed E-state index contributed by atoms with van der Waals surface area (Å²) in [4.78, 5) is 45.8. The first-order valence-electron chi connectivity index (χ1n) is 7.68. The van der Waals surface area contributed by atoms with E-state index in [0.717, 1.165) is 0 Å². The summed E-state index contributed by atoms with van der Waals surface area (Å²) in [5.74, 6) is -2.56. The number of urea groups is 1. The molecule has 0 saturated carbocycles. The molecule has 0 aliphatic heterocycles. The Kier molecular flexibility index (Phi) is 9.40. The highest BCUT2D eigenvalue weighted by Crippen LogP contribution is 2.05. The minimum absolute atomic E-state index is 0.105. The molecule has 4 amide bonds. The Bertz CT molecular complexity index is 466. The van der Waals surface area contributed by atoms with Crippen LogP contribution in [0.15, 0.2) is 0 Å². The Hall–Kier alpha value is -2.36. The van der Waals surface area contributed by atoms with Crippen molar-refractivity contribution in [3.05, 3.63) is 0 Å². The van der Waals surface area contributed by atoms with Gasteiger partial charge in [-0.15, -0.1) is 0 Å². The summed E-state index contributed by atoms with van der Waals surface area (Å²) in [6.07, 6.45) is 0.423. The molecule has 138 valence electrons. The number of rotatable bonds is 10. The van der Waals surface area contributed by atoms with Gasteiger partial charge in [0.25, 0.3) is 0 Å². The predicted octanol–water partition coefficient (Wildman–Crippen LogP) is -1.51. The molecule has 0 unspecified atom stereocenters. The van der Waals surface area contributed by atoms with Crippen molar-refractivity contribution in [2.45, 2.75) is 51.7 Å². The minimum atomic E-state index is -1.21. The number of carbonyl (C=O) groups excluding carboxylic acids is 3. The van der Waals surface area contributed by atoms with Gasteiger partial charge in [-0.1, -0.05) is 13.8 Å². The third kappa shape index (κ3) is 8.32. The van der Waals surface area contributed by atoms with E-state index in [1.165, 1.54) is 6.92 Å². The topological polar surface area (TPSA) is 177 Å². The Morgan fingerprint density at radius 3 is 2.04 bits per heavy atom. The molecule has 24 heavy (non-hydrogen) atoms. The lowest BCUT2D eigenvalue weighted by Gasteiger charge is -2.24. The van der Waals surface area contributed by atoms with Gasteiger partial charge in [0.2, 0.25) is 11.8 Å². The van der Waals surface area contributed by atoms with Crippen LogP contribution in [0.5, 0.6) is 0 Å². The van der Waals surface area contributed by atoms with Gasteiger partial charge < -0.3 is 32.5 Å².